The molecule has 3 aromatic rings. The monoisotopic (exact) mass is 344 g/mol. The minimum Gasteiger partial charge on any atom is -0.397 e. The number of hydrogen-bond donors (Lipinski definition) is 3. The van der Waals surface area contributed by atoms with Crippen molar-refractivity contribution >= 4 is 56.3 Å². The zero-order valence-corrected chi connectivity index (χ0v) is 13.3. The molecular formula is C15H11ClN5OS+. The Labute approximate surface area is 140 Å². The van der Waals surface area contributed by atoms with Crippen molar-refractivity contribution in [2.45, 2.75) is 0 Å². The number of carbonyl (C=O) groups is 1. The molecule has 0 bridgehead atoms. The molecule has 2 aromatic heterocycles. The first kappa shape index (κ1) is 15.1. The van der Waals surface area contributed by atoms with E-state index in [0.717, 1.165) is 0 Å². The molecule has 0 aliphatic carbocycles. The Balaban J connectivity index is 2.01. The smallest absolute Gasteiger partial charge is 0.289 e. The lowest BCUT2D eigenvalue weighted by atomic mass is 10.2. The number of H-pyrrole nitrogens is 1. The summed E-state index contributed by atoms with van der Waals surface area (Å²) in [6.45, 7) is 0. The van der Waals surface area contributed by atoms with Crippen molar-refractivity contribution in [3.63, 3.8) is 0 Å². The van der Waals surface area contributed by atoms with Crippen molar-refractivity contribution in [2.24, 2.45) is 0 Å². The SMILES string of the molecule is N#Cc1cc2c(N)c(C(=O)Nc3cccc(Cl)c3)sc2[nH+]c1N. The van der Waals surface area contributed by atoms with Crippen LogP contribution in [-0.4, -0.2) is 5.91 Å². The summed E-state index contributed by atoms with van der Waals surface area (Å²) in [5, 5.41) is 12.9. The van der Waals surface area contributed by atoms with Gasteiger partial charge in [-0.2, -0.15) is 5.26 Å². The number of nitrogens with zero attached hydrogens (tertiary/aromatic N) is 1. The molecule has 0 atom stereocenters. The number of nitrogens with two attached hydrogens (primary N) is 2. The van der Waals surface area contributed by atoms with Gasteiger partial charge in [0.1, 0.15) is 16.5 Å². The number of pyridine rings is 1. The molecule has 1 amide bonds. The maximum absolute atomic E-state index is 12.4. The fourth-order valence-corrected chi connectivity index (χ4v) is 3.32. The molecule has 0 spiro atoms. The third kappa shape index (κ3) is 2.77. The van der Waals surface area contributed by atoms with Gasteiger partial charge in [-0.25, -0.2) is 4.98 Å². The molecule has 23 heavy (non-hydrogen) atoms. The van der Waals surface area contributed by atoms with Crippen LogP contribution in [0.5, 0.6) is 0 Å². The molecule has 0 unspecified atom stereocenters. The largest absolute Gasteiger partial charge is 0.397 e. The van der Waals surface area contributed by atoms with Gasteiger partial charge in [0, 0.05) is 10.7 Å². The number of rotatable bonds is 2. The second-order valence-electron chi connectivity index (χ2n) is 4.76. The van der Waals surface area contributed by atoms with Gasteiger partial charge in [-0.05, 0) is 24.3 Å². The topological polar surface area (TPSA) is 119 Å². The van der Waals surface area contributed by atoms with Crippen LogP contribution in [0.1, 0.15) is 15.2 Å². The van der Waals surface area contributed by atoms with Crippen molar-refractivity contribution in [2.75, 3.05) is 16.8 Å². The van der Waals surface area contributed by atoms with E-state index in [1.54, 1.807) is 30.3 Å². The molecule has 2 heterocycles. The number of nitriles is 1. The van der Waals surface area contributed by atoms with E-state index in [-0.39, 0.29) is 17.3 Å². The number of nitrogens with one attached hydrogen (secondary N) is 2. The molecule has 0 fully saturated rings. The number of thiophene rings is 1. The van der Waals surface area contributed by atoms with Gasteiger partial charge in [0.25, 0.3) is 11.7 Å². The Morgan fingerprint density at radius 2 is 2.13 bits per heavy atom. The Morgan fingerprint density at radius 3 is 2.83 bits per heavy atom. The maximum Gasteiger partial charge on any atom is 0.289 e. The van der Waals surface area contributed by atoms with Gasteiger partial charge in [-0.3, -0.25) is 10.5 Å². The summed E-state index contributed by atoms with van der Waals surface area (Å²) in [6, 6.07) is 10.4. The number of aromatic amines is 1. The van der Waals surface area contributed by atoms with Gasteiger partial charge in [0.15, 0.2) is 4.83 Å². The van der Waals surface area contributed by atoms with Crippen LogP contribution in [0.3, 0.4) is 0 Å². The van der Waals surface area contributed by atoms with Crippen molar-refractivity contribution < 1.29 is 9.78 Å². The highest BCUT2D eigenvalue weighted by atomic mass is 35.5. The molecule has 0 aliphatic heterocycles. The molecule has 8 heteroatoms. The van der Waals surface area contributed by atoms with E-state index in [1.807, 2.05) is 6.07 Å². The quantitative estimate of drug-likeness (QED) is 0.662. The molecule has 3 rings (SSSR count). The highest BCUT2D eigenvalue weighted by Gasteiger charge is 2.21. The van der Waals surface area contributed by atoms with Gasteiger partial charge in [-0.1, -0.05) is 29.0 Å². The van der Waals surface area contributed by atoms with Crippen LogP contribution in [0.4, 0.5) is 17.2 Å². The highest BCUT2D eigenvalue weighted by molar-refractivity contribution is 7.20. The summed E-state index contributed by atoms with van der Waals surface area (Å²) in [4.78, 5) is 16.3. The van der Waals surface area contributed by atoms with Gasteiger partial charge < -0.3 is 11.1 Å². The summed E-state index contributed by atoms with van der Waals surface area (Å²) in [5.41, 5.74) is 13.0. The fourth-order valence-electron chi connectivity index (χ4n) is 2.12. The fraction of sp³-hybridized carbons (Fsp3) is 0. The van der Waals surface area contributed by atoms with E-state index in [0.29, 0.717) is 31.5 Å². The van der Waals surface area contributed by atoms with Crippen LogP contribution in [0, 0.1) is 11.3 Å². The van der Waals surface area contributed by atoms with Crippen LogP contribution in [0.2, 0.25) is 5.02 Å². The van der Waals surface area contributed by atoms with E-state index in [2.05, 4.69) is 10.3 Å². The van der Waals surface area contributed by atoms with E-state index >= 15 is 0 Å². The van der Waals surface area contributed by atoms with E-state index in [1.165, 1.54) is 11.3 Å². The minimum absolute atomic E-state index is 0.239. The van der Waals surface area contributed by atoms with Gasteiger partial charge in [-0.15, -0.1) is 0 Å². The summed E-state index contributed by atoms with van der Waals surface area (Å²) < 4.78 is 0. The number of amides is 1. The Morgan fingerprint density at radius 1 is 1.35 bits per heavy atom. The van der Waals surface area contributed by atoms with Gasteiger partial charge in [0.05, 0.1) is 11.1 Å². The number of carbonyl (C=O) groups excluding carboxylic acids is 1. The first-order valence-electron chi connectivity index (χ1n) is 6.50. The molecular weight excluding hydrogens is 334 g/mol. The molecule has 6 N–H and O–H groups in total. The average molecular weight is 345 g/mol. The Kier molecular flexibility index (Phi) is 3.78. The zero-order chi connectivity index (χ0) is 16.6. The summed E-state index contributed by atoms with van der Waals surface area (Å²) >= 11 is 7.07. The van der Waals surface area contributed by atoms with Crippen LogP contribution < -0.4 is 21.8 Å². The Bertz CT molecular complexity index is 976. The number of halogens is 1. The van der Waals surface area contributed by atoms with Gasteiger partial charge >= 0.3 is 0 Å². The number of anilines is 3. The molecule has 0 saturated heterocycles. The number of hydrogen-bond acceptors (Lipinski definition) is 5. The third-order valence-corrected chi connectivity index (χ3v) is 4.59. The molecule has 6 nitrogen and oxygen atoms in total. The number of fused-ring (bicyclic) bond motifs is 1. The summed E-state index contributed by atoms with van der Waals surface area (Å²) in [7, 11) is 0. The first-order chi connectivity index (χ1) is 11.0. The highest BCUT2D eigenvalue weighted by Crippen LogP contribution is 2.33. The van der Waals surface area contributed by atoms with Crippen molar-refractivity contribution in [3.8, 4) is 6.07 Å². The Hall–Kier alpha value is -2.82. The minimum atomic E-state index is -0.351. The molecule has 0 aliphatic rings. The maximum atomic E-state index is 12.4. The van der Waals surface area contributed by atoms with Crippen molar-refractivity contribution in [1.82, 2.24) is 0 Å². The summed E-state index contributed by atoms with van der Waals surface area (Å²) in [5.74, 6) is -0.112. The van der Waals surface area contributed by atoms with Crippen molar-refractivity contribution in [1.29, 1.82) is 5.26 Å². The van der Waals surface area contributed by atoms with Crippen LogP contribution in [0.25, 0.3) is 10.2 Å². The molecule has 114 valence electrons. The normalized spacial score (nSPS) is 10.4. The molecule has 0 radical (unpaired) electrons. The number of benzene rings is 1. The third-order valence-electron chi connectivity index (χ3n) is 3.22. The van der Waals surface area contributed by atoms with Crippen molar-refractivity contribution in [3.05, 3.63) is 45.8 Å². The average Bonchev–Trinajstić information content (AvgIpc) is 2.82. The van der Waals surface area contributed by atoms with E-state index < -0.39 is 0 Å². The van der Waals surface area contributed by atoms with Crippen LogP contribution >= 0.6 is 22.9 Å². The molecule has 1 aromatic carbocycles. The molecule has 0 saturated carbocycles. The number of nitrogen functional groups attached to an aromatic ring is 2. The van der Waals surface area contributed by atoms with Gasteiger partial charge in [0.2, 0.25) is 0 Å². The second kappa shape index (κ2) is 5.76. The predicted octanol–water partition coefficient (Wildman–Crippen LogP) is 2.66. The lowest BCUT2D eigenvalue weighted by Gasteiger charge is -2.04. The zero-order valence-electron chi connectivity index (χ0n) is 11.7. The van der Waals surface area contributed by atoms with E-state index in [4.69, 9.17) is 28.3 Å². The second-order valence-corrected chi connectivity index (χ2v) is 6.22. The van der Waals surface area contributed by atoms with Crippen LogP contribution in [0.15, 0.2) is 30.3 Å². The lowest BCUT2D eigenvalue weighted by molar-refractivity contribution is -0.323. The standard InChI is InChI=1S/C15H10ClN5OS/c16-8-2-1-3-9(5-8)20-14(22)12-11(18)10-4-7(6-17)13(19)21-15(10)23-12/h1-5H,18H2,(H2,19,21)(H,20,22)/p+1. The predicted molar refractivity (Wildman–Crippen MR) is 91.3 cm³/mol. The summed E-state index contributed by atoms with van der Waals surface area (Å²) in [6.07, 6.45) is 0. The lowest BCUT2D eigenvalue weighted by Crippen LogP contribution is -2.12. The first-order valence-corrected chi connectivity index (χ1v) is 7.70. The van der Waals surface area contributed by atoms with Crippen LogP contribution in [-0.2, 0) is 0 Å². The van der Waals surface area contributed by atoms with E-state index in [9.17, 15) is 4.79 Å². The number of aromatic nitrogens is 1.